The topological polar surface area (TPSA) is 144 Å². The van der Waals surface area contributed by atoms with Gasteiger partial charge in [-0.15, -0.1) is 0 Å². The van der Waals surface area contributed by atoms with E-state index >= 15 is 0 Å². The van der Waals surface area contributed by atoms with E-state index in [-0.39, 0.29) is 5.91 Å². The van der Waals surface area contributed by atoms with Crippen molar-refractivity contribution >= 4 is 45.9 Å². The molecule has 0 aromatic carbocycles. The molecule has 0 aliphatic carbocycles. The van der Waals surface area contributed by atoms with E-state index in [4.69, 9.17) is 19.0 Å². The third-order valence-corrected chi connectivity index (χ3v) is 7.48. The monoisotopic (exact) mass is 665 g/mol. The van der Waals surface area contributed by atoms with Gasteiger partial charge in [0.15, 0.2) is 0 Å². The van der Waals surface area contributed by atoms with Crippen LogP contribution in [-0.2, 0) is 28.6 Å². The molecule has 0 saturated carbocycles. The standard InChI is InChI=1S/C18H25N3O4.C17H22N2O4/c1-11-14(17(23)25-18(3,4)5)13-9-8-10-19-15(13)21(11)12(2)16(22)20(6)24-7;1-10-13(16(21)23-17(3,4)5)12-8-7-9-18-14(12)19(10)11(2)15(20)22-6/h8-10,12H,1-7H3;7-9,11H,1-6H3. The van der Waals surface area contributed by atoms with Crippen LogP contribution in [0.2, 0.25) is 0 Å². The summed E-state index contributed by atoms with van der Waals surface area (Å²) in [5.41, 5.74) is 2.03. The van der Waals surface area contributed by atoms with E-state index < -0.39 is 41.2 Å². The fourth-order valence-electron chi connectivity index (χ4n) is 5.38. The fraction of sp³-hybridized carbons (Fsp3) is 0.486. The quantitative estimate of drug-likeness (QED) is 0.133. The number of likely N-dealkylation sites (N-methyl/N-ethyl adjacent to an activating group) is 1. The first-order valence-corrected chi connectivity index (χ1v) is 15.5. The number of carbonyl (C=O) groups is 4. The molecular formula is C35H47N5O8. The van der Waals surface area contributed by atoms with Crippen molar-refractivity contribution in [1.29, 1.82) is 0 Å². The summed E-state index contributed by atoms with van der Waals surface area (Å²) >= 11 is 0. The van der Waals surface area contributed by atoms with Gasteiger partial charge in [-0.2, -0.15) is 0 Å². The van der Waals surface area contributed by atoms with Gasteiger partial charge in [0.25, 0.3) is 5.91 Å². The number of amides is 1. The van der Waals surface area contributed by atoms with Gasteiger partial charge in [-0.05, 0) is 93.5 Å². The number of hydroxylamine groups is 2. The number of esters is 3. The van der Waals surface area contributed by atoms with Crippen molar-refractivity contribution in [2.45, 2.75) is 92.5 Å². The average Bonchev–Trinajstić information content (AvgIpc) is 3.47. The zero-order valence-electron chi connectivity index (χ0n) is 30.1. The predicted octanol–water partition coefficient (Wildman–Crippen LogP) is 5.91. The minimum absolute atomic E-state index is 0.246. The van der Waals surface area contributed by atoms with Gasteiger partial charge in [0.1, 0.15) is 34.6 Å². The number of ether oxygens (including phenoxy) is 3. The summed E-state index contributed by atoms with van der Waals surface area (Å²) in [4.78, 5) is 63.4. The fourth-order valence-corrected chi connectivity index (χ4v) is 5.38. The van der Waals surface area contributed by atoms with Gasteiger partial charge in [-0.1, -0.05) is 0 Å². The van der Waals surface area contributed by atoms with Crippen LogP contribution in [-0.4, -0.2) is 80.4 Å². The van der Waals surface area contributed by atoms with E-state index in [1.807, 2.05) is 47.6 Å². The molecule has 0 N–H and O–H groups in total. The highest BCUT2D eigenvalue weighted by atomic mass is 16.7. The summed E-state index contributed by atoms with van der Waals surface area (Å²) in [6.45, 7) is 17.9. The van der Waals surface area contributed by atoms with Crippen molar-refractivity contribution in [3.05, 3.63) is 59.2 Å². The normalized spacial score (nSPS) is 12.9. The van der Waals surface area contributed by atoms with E-state index in [0.29, 0.717) is 44.6 Å². The highest BCUT2D eigenvalue weighted by molar-refractivity contribution is 6.06. The average molecular weight is 666 g/mol. The van der Waals surface area contributed by atoms with Gasteiger partial charge < -0.3 is 23.3 Å². The molecule has 4 heterocycles. The molecule has 2 atom stereocenters. The molecule has 0 aliphatic heterocycles. The molecule has 13 heteroatoms. The lowest BCUT2D eigenvalue weighted by Crippen LogP contribution is -2.32. The first kappa shape index (κ1) is 37.7. The number of carbonyl (C=O) groups excluding carboxylic acids is 4. The molecule has 4 aromatic heterocycles. The number of rotatable bonds is 7. The molecule has 0 bridgehead atoms. The number of hydrogen-bond acceptors (Lipinski definition) is 10. The Balaban J connectivity index is 0.000000261. The van der Waals surface area contributed by atoms with Gasteiger partial charge in [-0.25, -0.2) is 29.4 Å². The molecule has 0 radical (unpaired) electrons. The number of methoxy groups -OCH3 is 1. The lowest BCUT2D eigenvalue weighted by molar-refractivity contribution is -0.171. The maximum atomic E-state index is 12.7. The van der Waals surface area contributed by atoms with Crippen molar-refractivity contribution in [1.82, 2.24) is 24.2 Å². The molecule has 2 unspecified atom stereocenters. The SMILES string of the molecule is COC(=O)C(C)n1c(C)c(C(=O)OC(C)(C)C)c2cccnc21.CON(C)C(=O)C(C)n1c(C)c(C(=O)OC(C)(C)C)c2cccnc21. The molecule has 0 fully saturated rings. The van der Waals surface area contributed by atoms with Gasteiger partial charge in [0.05, 0.1) is 25.3 Å². The van der Waals surface area contributed by atoms with Gasteiger partial charge in [-0.3, -0.25) is 9.63 Å². The number of hydrogen-bond donors (Lipinski definition) is 0. The highest BCUT2D eigenvalue weighted by Gasteiger charge is 2.31. The van der Waals surface area contributed by atoms with Crippen LogP contribution in [0.3, 0.4) is 0 Å². The second-order valence-electron chi connectivity index (χ2n) is 13.3. The number of aromatic nitrogens is 4. The van der Waals surface area contributed by atoms with E-state index in [1.54, 1.807) is 74.5 Å². The summed E-state index contributed by atoms with van der Waals surface area (Å²) in [6, 6.07) is 5.95. The van der Waals surface area contributed by atoms with E-state index in [1.165, 1.54) is 14.2 Å². The van der Waals surface area contributed by atoms with Crippen molar-refractivity contribution < 1.29 is 38.2 Å². The van der Waals surface area contributed by atoms with Crippen LogP contribution in [0.4, 0.5) is 0 Å². The van der Waals surface area contributed by atoms with Gasteiger partial charge in [0, 0.05) is 41.6 Å². The molecule has 0 aliphatic rings. The van der Waals surface area contributed by atoms with Crippen LogP contribution in [0.1, 0.15) is 99.6 Å². The number of pyridine rings is 2. The summed E-state index contributed by atoms with van der Waals surface area (Å²) in [5.74, 6) is -1.50. The Morgan fingerprint density at radius 1 is 0.729 bits per heavy atom. The second-order valence-corrected chi connectivity index (χ2v) is 13.3. The van der Waals surface area contributed by atoms with Crippen molar-refractivity contribution in [3.8, 4) is 0 Å². The second kappa shape index (κ2) is 14.5. The number of nitrogens with zero attached hydrogens (tertiary/aromatic N) is 5. The molecule has 0 saturated heterocycles. The van der Waals surface area contributed by atoms with Crippen molar-refractivity contribution in [2.75, 3.05) is 21.3 Å². The maximum absolute atomic E-state index is 12.7. The molecular weight excluding hydrogens is 618 g/mol. The first-order valence-electron chi connectivity index (χ1n) is 15.5. The van der Waals surface area contributed by atoms with Crippen LogP contribution in [0.5, 0.6) is 0 Å². The molecule has 0 spiro atoms. The third-order valence-electron chi connectivity index (χ3n) is 7.48. The van der Waals surface area contributed by atoms with Crippen LogP contribution >= 0.6 is 0 Å². The Morgan fingerprint density at radius 2 is 1.12 bits per heavy atom. The van der Waals surface area contributed by atoms with E-state index in [0.717, 1.165) is 5.06 Å². The lowest BCUT2D eigenvalue weighted by Gasteiger charge is -2.22. The summed E-state index contributed by atoms with van der Waals surface area (Å²) < 4.78 is 19.3. The zero-order chi connectivity index (χ0) is 36.3. The minimum atomic E-state index is -0.613. The predicted molar refractivity (Wildman–Crippen MR) is 180 cm³/mol. The van der Waals surface area contributed by atoms with Crippen LogP contribution < -0.4 is 0 Å². The Hall–Kier alpha value is -4.78. The van der Waals surface area contributed by atoms with Crippen molar-refractivity contribution in [3.63, 3.8) is 0 Å². The molecule has 13 nitrogen and oxygen atoms in total. The zero-order valence-corrected chi connectivity index (χ0v) is 30.1. The van der Waals surface area contributed by atoms with Gasteiger partial charge >= 0.3 is 17.9 Å². The number of fused-ring (bicyclic) bond motifs is 2. The molecule has 260 valence electrons. The Labute approximate surface area is 281 Å². The third kappa shape index (κ3) is 8.01. The van der Waals surface area contributed by atoms with Crippen molar-refractivity contribution in [2.24, 2.45) is 0 Å². The Bertz CT molecular complexity index is 1830. The van der Waals surface area contributed by atoms with Crippen LogP contribution in [0, 0.1) is 13.8 Å². The molecule has 48 heavy (non-hydrogen) atoms. The first-order chi connectivity index (χ1) is 22.3. The molecule has 4 aromatic rings. The molecule has 1 amide bonds. The molecule has 4 rings (SSSR count). The Kier molecular flexibility index (Phi) is 11.4. The smallest absolute Gasteiger partial charge is 0.341 e. The largest absolute Gasteiger partial charge is 0.467 e. The Morgan fingerprint density at radius 3 is 1.48 bits per heavy atom. The van der Waals surface area contributed by atoms with Crippen LogP contribution in [0.25, 0.3) is 22.1 Å². The van der Waals surface area contributed by atoms with E-state index in [9.17, 15) is 19.2 Å². The summed E-state index contributed by atoms with van der Waals surface area (Å²) in [5, 5.41) is 2.48. The highest BCUT2D eigenvalue weighted by Crippen LogP contribution is 2.31. The van der Waals surface area contributed by atoms with E-state index in [2.05, 4.69) is 9.97 Å². The van der Waals surface area contributed by atoms with Gasteiger partial charge in [0.2, 0.25) is 0 Å². The lowest BCUT2D eigenvalue weighted by atomic mass is 10.1. The summed E-state index contributed by atoms with van der Waals surface area (Å²) in [6.07, 6.45) is 3.26. The summed E-state index contributed by atoms with van der Waals surface area (Å²) in [7, 11) is 4.31. The van der Waals surface area contributed by atoms with Crippen LogP contribution in [0.15, 0.2) is 36.7 Å². The minimum Gasteiger partial charge on any atom is -0.467 e. The maximum Gasteiger partial charge on any atom is 0.341 e.